The third-order valence-electron chi connectivity index (χ3n) is 4.36. The van der Waals surface area contributed by atoms with E-state index in [9.17, 15) is 13.0 Å². The maximum Gasteiger partial charge on any atom is 0.336 e. The van der Waals surface area contributed by atoms with Crippen LogP contribution in [0, 0.1) is 0 Å². The molecule has 2 heterocycles. The minimum absolute atomic E-state index is 0.0420. The molecule has 112 valence electrons. The van der Waals surface area contributed by atoms with Gasteiger partial charge in [0.25, 0.3) is 0 Å². The smallest absolute Gasteiger partial charge is 0.306 e. The predicted molar refractivity (Wildman–Crippen MR) is 74.4 cm³/mol. The summed E-state index contributed by atoms with van der Waals surface area (Å²) < 4.78 is 34.5. The molecule has 0 aromatic rings. The first kappa shape index (κ1) is 15.2. The average Bonchev–Trinajstić information content (AvgIpc) is 2.33. The van der Waals surface area contributed by atoms with Crippen LogP contribution in [0.4, 0.5) is 0 Å². The van der Waals surface area contributed by atoms with Crippen molar-refractivity contribution in [2.24, 2.45) is 0 Å². The molecule has 0 aliphatic carbocycles. The van der Waals surface area contributed by atoms with Crippen molar-refractivity contribution in [3.05, 3.63) is 0 Å². The molecule has 0 aromatic heterocycles. The second-order valence-electron chi connectivity index (χ2n) is 5.88. The van der Waals surface area contributed by atoms with E-state index in [0.29, 0.717) is 0 Å². The molecule has 0 bridgehead atoms. The molecule has 0 spiro atoms. The largest absolute Gasteiger partial charge is 0.336 e. The summed E-state index contributed by atoms with van der Waals surface area (Å²) in [6.07, 6.45) is 3.23. The van der Waals surface area contributed by atoms with Gasteiger partial charge >= 0.3 is 10.3 Å². The van der Waals surface area contributed by atoms with Gasteiger partial charge in [0.1, 0.15) is 0 Å². The molecule has 0 saturated carbocycles. The number of hydrogen-bond donors (Lipinski definition) is 1. The van der Waals surface area contributed by atoms with E-state index >= 15 is 0 Å². The predicted octanol–water partition coefficient (Wildman–Crippen LogP) is 0.280. The summed E-state index contributed by atoms with van der Waals surface area (Å²) >= 11 is 0. The fourth-order valence-corrected chi connectivity index (χ4v) is 4.35. The van der Waals surface area contributed by atoms with Crippen LogP contribution in [0.1, 0.15) is 25.7 Å². The minimum atomic E-state index is -4.10. The van der Waals surface area contributed by atoms with Crippen molar-refractivity contribution in [2.45, 2.75) is 37.8 Å². The molecule has 0 unspecified atom stereocenters. The highest BCUT2D eigenvalue weighted by Gasteiger charge is 2.37. The lowest BCUT2D eigenvalue weighted by molar-refractivity contribution is 0.107. The van der Waals surface area contributed by atoms with Gasteiger partial charge in [0, 0.05) is 12.1 Å². The van der Waals surface area contributed by atoms with Crippen molar-refractivity contribution in [1.82, 2.24) is 14.1 Å². The third kappa shape index (κ3) is 3.88. The Morgan fingerprint density at radius 3 is 1.47 bits per heavy atom. The van der Waals surface area contributed by atoms with Gasteiger partial charge in [-0.1, -0.05) is 0 Å². The molecule has 0 aromatic carbocycles. The fraction of sp³-hybridized carbons (Fsp3) is 1.00. The van der Waals surface area contributed by atoms with Gasteiger partial charge in [-0.25, -0.2) is 0 Å². The van der Waals surface area contributed by atoms with Crippen LogP contribution in [0.5, 0.6) is 0 Å². The van der Waals surface area contributed by atoms with Crippen LogP contribution < -0.4 is 0 Å². The zero-order valence-electron chi connectivity index (χ0n) is 11.8. The van der Waals surface area contributed by atoms with Crippen molar-refractivity contribution < 1.29 is 13.0 Å². The summed E-state index contributed by atoms with van der Waals surface area (Å²) in [5, 5.41) is 0. The van der Waals surface area contributed by atoms with E-state index in [0.717, 1.165) is 51.9 Å². The summed E-state index contributed by atoms with van der Waals surface area (Å²) in [7, 11) is -0.0124. The van der Waals surface area contributed by atoms with Crippen molar-refractivity contribution >= 4 is 10.3 Å². The highest BCUT2D eigenvalue weighted by molar-refractivity contribution is 7.83. The van der Waals surface area contributed by atoms with Crippen LogP contribution in [-0.4, -0.2) is 79.4 Å². The van der Waals surface area contributed by atoms with E-state index in [-0.39, 0.29) is 12.1 Å². The quantitative estimate of drug-likeness (QED) is 0.757. The SMILES string of the molecule is CN1CCC(N(C2CCN(C)CC2)S(=O)(=O)O)CC1. The molecule has 7 heteroatoms. The molecule has 0 radical (unpaired) electrons. The zero-order chi connectivity index (χ0) is 14.0. The molecule has 2 saturated heterocycles. The molecule has 2 rings (SSSR count). The fourth-order valence-electron chi connectivity index (χ4n) is 3.17. The second-order valence-corrected chi connectivity index (χ2v) is 7.19. The van der Waals surface area contributed by atoms with E-state index < -0.39 is 10.3 Å². The summed E-state index contributed by atoms with van der Waals surface area (Å²) in [5.74, 6) is 0. The Balaban J connectivity index is 2.08. The molecule has 2 aliphatic heterocycles. The Kier molecular flexibility index (Phi) is 4.84. The highest BCUT2D eigenvalue weighted by Crippen LogP contribution is 2.26. The van der Waals surface area contributed by atoms with E-state index in [1.807, 2.05) is 14.1 Å². The zero-order valence-corrected chi connectivity index (χ0v) is 12.6. The van der Waals surface area contributed by atoms with Crippen LogP contribution in [0.25, 0.3) is 0 Å². The van der Waals surface area contributed by atoms with Gasteiger partial charge in [0.15, 0.2) is 0 Å². The van der Waals surface area contributed by atoms with E-state index in [2.05, 4.69) is 9.80 Å². The van der Waals surface area contributed by atoms with Crippen LogP contribution >= 0.6 is 0 Å². The lowest BCUT2D eigenvalue weighted by atomic mass is 10.00. The van der Waals surface area contributed by atoms with Gasteiger partial charge in [-0.15, -0.1) is 0 Å². The van der Waals surface area contributed by atoms with Crippen LogP contribution in [0.3, 0.4) is 0 Å². The molecular formula is C12H25N3O3S. The maximum absolute atomic E-state index is 11.7. The van der Waals surface area contributed by atoms with E-state index in [1.165, 1.54) is 4.31 Å². The average molecular weight is 291 g/mol. The second kappa shape index (κ2) is 6.05. The Morgan fingerprint density at radius 2 is 1.21 bits per heavy atom. The van der Waals surface area contributed by atoms with Crippen molar-refractivity contribution in [3.8, 4) is 0 Å². The van der Waals surface area contributed by atoms with E-state index in [1.54, 1.807) is 0 Å². The van der Waals surface area contributed by atoms with Gasteiger partial charge in [0.05, 0.1) is 0 Å². The van der Waals surface area contributed by atoms with Gasteiger partial charge in [0.2, 0.25) is 0 Å². The topological polar surface area (TPSA) is 64.1 Å². The molecular weight excluding hydrogens is 266 g/mol. The lowest BCUT2D eigenvalue weighted by Gasteiger charge is -2.41. The van der Waals surface area contributed by atoms with E-state index in [4.69, 9.17) is 0 Å². The number of likely N-dealkylation sites (tertiary alicyclic amines) is 2. The maximum atomic E-state index is 11.7. The molecule has 2 fully saturated rings. The van der Waals surface area contributed by atoms with Gasteiger partial charge < -0.3 is 9.80 Å². The minimum Gasteiger partial charge on any atom is -0.306 e. The van der Waals surface area contributed by atoms with Gasteiger partial charge in [-0.05, 0) is 66.0 Å². The molecule has 0 atom stereocenters. The van der Waals surface area contributed by atoms with Crippen molar-refractivity contribution in [2.75, 3.05) is 40.3 Å². The Hall–Kier alpha value is -0.210. The molecule has 1 N–H and O–H groups in total. The summed E-state index contributed by atoms with van der Waals surface area (Å²) in [6.45, 7) is 3.57. The first-order valence-corrected chi connectivity index (χ1v) is 8.40. The van der Waals surface area contributed by atoms with Crippen molar-refractivity contribution in [3.63, 3.8) is 0 Å². The summed E-state index contributed by atoms with van der Waals surface area (Å²) in [5.41, 5.74) is 0. The van der Waals surface area contributed by atoms with Crippen LogP contribution in [-0.2, 0) is 10.3 Å². The number of hydrogen-bond acceptors (Lipinski definition) is 4. The first-order valence-electron chi connectivity index (χ1n) is 7.01. The highest BCUT2D eigenvalue weighted by atomic mass is 32.2. The van der Waals surface area contributed by atoms with Crippen LogP contribution in [0.15, 0.2) is 0 Å². The van der Waals surface area contributed by atoms with Crippen molar-refractivity contribution in [1.29, 1.82) is 0 Å². The standard InChI is InChI=1S/C12H25N3O3S/c1-13-7-3-11(4-8-13)15(19(16,17)18)12-5-9-14(2)10-6-12/h11-12H,3-10H2,1-2H3,(H,16,17,18). The number of piperidine rings is 2. The number of rotatable bonds is 3. The Bertz CT molecular complexity index is 363. The third-order valence-corrected chi connectivity index (χ3v) is 5.49. The number of nitrogens with zero attached hydrogens (tertiary/aromatic N) is 3. The Morgan fingerprint density at radius 1 is 0.895 bits per heavy atom. The lowest BCUT2D eigenvalue weighted by Crippen LogP contribution is -2.53. The Labute approximate surface area is 116 Å². The molecule has 6 nitrogen and oxygen atoms in total. The normalized spacial score (nSPS) is 26.1. The molecule has 2 aliphatic rings. The van der Waals surface area contributed by atoms with Gasteiger partial charge in [-0.2, -0.15) is 12.7 Å². The van der Waals surface area contributed by atoms with Crippen LogP contribution in [0.2, 0.25) is 0 Å². The first-order chi connectivity index (χ1) is 8.88. The summed E-state index contributed by atoms with van der Waals surface area (Å²) in [6, 6.07) is -0.0841. The summed E-state index contributed by atoms with van der Waals surface area (Å²) in [4.78, 5) is 4.40. The molecule has 19 heavy (non-hydrogen) atoms. The monoisotopic (exact) mass is 291 g/mol. The van der Waals surface area contributed by atoms with Gasteiger partial charge in [-0.3, -0.25) is 4.55 Å². The molecule has 0 amide bonds.